The highest BCUT2D eigenvalue weighted by Crippen LogP contribution is 2.78. The maximum atomic E-state index is 6.62. The van der Waals surface area contributed by atoms with Gasteiger partial charge in [-0.2, -0.15) is 0 Å². The zero-order chi connectivity index (χ0) is 18.0. The van der Waals surface area contributed by atoms with Crippen molar-refractivity contribution in [1.29, 1.82) is 0 Å². The van der Waals surface area contributed by atoms with E-state index in [1.54, 1.807) is 0 Å². The van der Waals surface area contributed by atoms with Gasteiger partial charge in [0.25, 0.3) is 0 Å². The fraction of sp³-hybridized carbons (Fsp3) is 1.00. The molecule has 0 saturated heterocycles. The van der Waals surface area contributed by atoms with Crippen LogP contribution < -0.4 is 0 Å². The predicted octanol–water partition coefficient (Wildman–Crippen LogP) is 5.96. The quantitative estimate of drug-likeness (QED) is 0.470. The summed E-state index contributed by atoms with van der Waals surface area (Å²) in [5, 5.41) is 0.167. The van der Waals surface area contributed by atoms with Crippen molar-refractivity contribution in [2.24, 2.45) is 17.3 Å². The van der Waals surface area contributed by atoms with Gasteiger partial charge in [-0.05, 0) is 83.0 Å². The average Bonchev–Trinajstić information content (AvgIpc) is 3.20. The van der Waals surface area contributed by atoms with Crippen LogP contribution in [-0.4, -0.2) is 28.6 Å². The van der Waals surface area contributed by atoms with E-state index in [1.165, 1.54) is 64.2 Å². The number of fused-ring (bicyclic) bond motifs is 2. The fourth-order valence-corrected chi connectivity index (χ4v) is 11.6. The van der Waals surface area contributed by atoms with Crippen LogP contribution in [0.1, 0.15) is 91.9 Å². The van der Waals surface area contributed by atoms with Gasteiger partial charge in [0.2, 0.25) is 0 Å². The lowest BCUT2D eigenvalue weighted by atomic mass is 9.63. The molecule has 0 spiro atoms. The minimum absolute atomic E-state index is 0.167. The molecule has 0 aromatic carbocycles. The summed E-state index contributed by atoms with van der Waals surface area (Å²) in [4.78, 5) is 0. The molecule has 0 aromatic heterocycles. The summed E-state index contributed by atoms with van der Waals surface area (Å²) in [5.74, 6) is 1.61. The SMILES string of the molecule is CCO[Si](OCC)(OCC)C1(C2CCCCC2)CC2CCC1(CC)C2. The summed E-state index contributed by atoms with van der Waals surface area (Å²) in [5.41, 5.74) is 0.394. The summed E-state index contributed by atoms with van der Waals surface area (Å²) in [7, 11) is -2.75. The van der Waals surface area contributed by atoms with Gasteiger partial charge in [0.1, 0.15) is 0 Å². The summed E-state index contributed by atoms with van der Waals surface area (Å²) in [6.45, 7) is 10.9. The second kappa shape index (κ2) is 8.00. The molecule has 3 aliphatic rings. The van der Waals surface area contributed by atoms with E-state index >= 15 is 0 Å². The molecule has 0 radical (unpaired) electrons. The first-order valence-electron chi connectivity index (χ1n) is 11.1. The van der Waals surface area contributed by atoms with E-state index in [2.05, 4.69) is 27.7 Å². The van der Waals surface area contributed by atoms with Gasteiger partial charge in [0, 0.05) is 24.9 Å². The number of hydrogen-bond donors (Lipinski definition) is 0. The third kappa shape index (κ3) is 2.96. The Balaban J connectivity index is 2.11. The van der Waals surface area contributed by atoms with Crippen molar-refractivity contribution in [3.05, 3.63) is 0 Å². The molecule has 0 amide bonds. The second-order valence-corrected chi connectivity index (χ2v) is 11.5. The average molecular weight is 369 g/mol. The van der Waals surface area contributed by atoms with Gasteiger partial charge in [-0.1, -0.05) is 26.2 Å². The molecule has 3 atom stereocenters. The molecule has 0 N–H and O–H groups in total. The number of rotatable bonds is 9. The Bertz CT molecular complexity index is 420. The third-order valence-corrected chi connectivity index (χ3v) is 12.0. The molecule has 3 nitrogen and oxygen atoms in total. The van der Waals surface area contributed by atoms with E-state index in [1.807, 2.05) is 0 Å². The van der Waals surface area contributed by atoms with E-state index in [4.69, 9.17) is 13.3 Å². The Kier molecular flexibility index (Phi) is 6.35. The van der Waals surface area contributed by atoms with Crippen molar-refractivity contribution in [2.45, 2.75) is 96.9 Å². The normalized spacial score (nSPS) is 36.2. The minimum atomic E-state index is -2.75. The molecule has 4 heteroatoms. The highest BCUT2D eigenvalue weighted by atomic mass is 28.4. The highest BCUT2D eigenvalue weighted by molar-refractivity contribution is 6.65. The van der Waals surface area contributed by atoms with Gasteiger partial charge in [-0.15, -0.1) is 0 Å². The Morgan fingerprint density at radius 3 is 1.88 bits per heavy atom. The summed E-state index contributed by atoms with van der Waals surface area (Å²) in [6.07, 6.45) is 13.6. The van der Waals surface area contributed by atoms with Crippen LogP contribution in [0.3, 0.4) is 0 Å². The maximum Gasteiger partial charge on any atom is 0.508 e. The highest BCUT2D eigenvalue weighted by Gasteiger charge is 2.76. The lowest BCUT2D eigenvalue weighted by Gasteiger charge is -2.58. The molecule has 3 aliphatic carbocycles. The van der Waals surface area contributed by atoms with Crippen LogP contribution in [0.15, 0.2) is 0 Å². The van der Waals surface area contributed by atoms with Crippen molar-refractivity contribution in [2.75, 3.05) is 19.8 Å². The Hall–Kier alpha value is 0.0969. The van der Waals surface area contributed by atoms with Crippen molar-refractivity contribution in [1.82, 2.24) is 0 Å². The molecule has 0 heterocycles. The fourth-order valence-electron chi connectivity index (χ4n) is 7.10. The van der Waals surface area contributed by atoms with E-state index < -0.39 is 8.80 Å². The molecule has 3 fully saturated rings. The summed E-state index contributed by atoms with van der Waals surface area (Å²) < 4.78 is 19.9. The van der Waals surface area contributed by atoms with Gasteiger partial charge < -0.3 is 13.3 Å². The van der Waals surface area contributed by atoms with Gasteiger partial charge in [-0.3, -0.25) is 0 Å². The molecular weight excluding hydrogens is 328 g/mol. The van der Waals surface area contributed by atoms with Crippen molar-refractivity contribution in [3.63, 3.8) is 0 Å². The van der Waals surface area contributed by atoms with Crippen LogP contribution in [0.4, 0.5) is 0 Å². The van der Waals surface area contributed by atoms with Gasteiger partial charge >= 0.3 is 8.80 Å². The van der Waals surface area contributed by atoms with Crippen molar-refractivity contribution >= 4 is 8.80 Å². The zero-order valence-corrected chi connectivity index (χ0v) is 18.1. The van der Waals surface area contributed by atoms with Crippen LogP contribution in [0.25, 0.3) is 0 Å². The standard InChI is InChI=1S/C21H40O3Si/c1-5-20-15-14-18(16-20)17-21(20,19-12-10-9-11-13-19)25(22-6-2,23-7-3)24-8-4/h18-19H,5-17H2,1-4H3. The first kappa shape index (κ1) is 19.8. The molecule has 3 unspecified atom stereocenters. The smallest absolute Gasteiger partial charge is 0.373 e. The van der Waals surface area contributed by atoms with E-state index in [-0.39, 0.29) is 5.04 Å². The molecule has 3 rings (SSSR count). The Morgan fingerprint density at radius 2 is 1.40 bits per heavy atom. The lowest BCUT2D eigenvalue weighted by Crippen LogP contribution is -2.64. The Morgan fingerprint density at radius 1 is 0.800 bits per heavy atom. The molecule has 2 bridgehead atoms. The van der Waals surface area contributed by atoms with Crippen molar-refractivity contribution in [3.8, 4) is 0 Å². The van der Waals surface area contributed by atoms with Gasteiger partial charge in [-0.25, -0.2) is 0 Å². The minimum Gasteiger partial charge on any atom is -0.373 e. The van der Waals surface area contributed by atoms with Crippen LogP contribution in [0.5, 0.6) is 0 Å². The summed E-state index contributed by atoms with van der Waals surface area (Å²) >= 11 is 0. The predicted molar refractivity (Wildman–Crippen MR) is 105 cm³/mol. The van der Waals surface area contributed by atoms with Gasteiger partial charge in [0.15, 0.2) is 0 Å². The van der Waals surface area contributed by atoms with Gasteiger partial charge in [0.05, 0.1) is 0 Å². The summed E-state index contributed by atoms with van der Waals surface area (Å²) in [6, 6.07) is 0. The largest absolute Gasteiger partial charge is 0.508 e. The molecular formula is C21H40O3Si. The molecule has 3 saturated carbocycles. The topological polar surface area (TPSA) is 27.7 Å². The van der Waals surface area contributed by atoms with E-state index in [0.717, 1.165) is 11.8 Å². The second-order valence-electron chi connectivity index (χ2n) is 8.61. The van der Waals surface area contributed by atoms with Crippen LogP contribution in [-0.2, 0) is 13.3 Å². The molecule has 0 aromatic rings. The lowest BCUT2D eigenvalue weighted by molar-refractivity contribution is -0.0233. The Labute approximate surface area is 156 Å². The molecule has 0 aliphatic heterocycles. The van der Waals surface area contributed by atoms with E-state index in [9.17, 15) is 0 Å². The van der Waals surface area contributed by atoms with Crippen molar-refractivity contribution < 1.29 is 13.3 Å². The zero-order valence-electron chi connectivity index (χ0n) is 17.1. The van der Waals surface area contributed by atoms with Crippen LogP contribution >= 0.6 is 0 Å². The number of hydrogen-bond acceptors (Lipinski definition) is 3. The molecule has 146 valence electrons. The molecule has 25 heavy (non-hydrogen) atoms. The maximum absolute atomic E-state index is 6.62. The first-order chi connectivity index (χ1) is 12.1. The van der Waals surface area contributed by atoms with E-state index in [0.29, 0.717) is 25.2 Å². The third-order valence-electron chi connectivity index (χ3n) is 7.80. The van der Waals surface area contributed by atoms with Crippen LogP contribution in [0, 0.1) is 17.3 Å². The monoisotopic (exact) mass is 368 g/mol. The first-order valence-corrected chi connectivity index (χ1v) is 12.8. The van der Waals surface area contributed by atoms with Crippen LogP contribution in [0.2, 0.25) is 5.04 Å².